The van der Waals surface area contributed by atoms with E-state index in [1.807, 2.05) is 12.1 Å². The number of hydrogen-bond acceptors (Lipinski definition) is 5. The molecule has 1 atom stereocenters. The number of nitrogens with zero attached hydrogens (tertiary/aromatic N) is 3. The van der Waals surface area contributed by atoms with Crippen molar-refractivity contribution >= 4 is 34.7 Å². The van der Waals surface area contributed by atoms with Gasteiger partial charge in [-0.1, -0.05) is 50.2 Å². The monoisotopic (exact) mass is 492 g/mol. The van der Waals surface area contributed by atoms with E-state index in [0.29, 0.717) is 17.6 Å². The van der Waals surface area contributed by atoms with Gasteiger partial charge in [0.15, 0.2) is 5.11 Å². The second-order valence-corrected chi connectivity index (χ2v) is 10.2. The Bertz CT molecular complexity index is 1170. The van der Waals surface area contributed by atoms with Crippen LogP contribution in [0.5, 0.6) is 0 Å². The van der Waals surface area contributed by atoms with E-state index < -0.39 is 0 Å². The second kappa shape index (κ2) is 10.7. The van der Waals surface area contributed by atoms with Crippen LogP contribution in [-0.2, 0) is 6.42 Å². The smallest absolute Gasteiger partial charge is 0.258 e. The lowest BCUT2D eigenvalue weighted by atomic mass is 9.93. The van der Waals surface area contributed by atoms with Gasteiger partial charge in [0, 0.05) is 22.7 Å². The Morgan fingerprint density at radius 3 is 2.44 bits per heavy atom. The summed E-state index contributed by atoms with van der Waals surface area (Å²) in [6.45, 7) is 9.57. The first-order chi connectivity index (χ1) is 16.4. The van der Waals surface area contributed by atoms with Gasteiger partial charge in [-0.25, -0.2) is 0 Å². The van der Waals surface area contributed by atoms with Crippen molar-refractivity contribution in [1.82, 2.24) is 20.4 Å². The standard InChI is InChI=1S/C27H32N4OS2/c1-6-19-7-9-20(10-8-19)24-23(18(4)31(27(33)28-24)16-15-17(2)3)26-29-25(30-32-26)21-11-13-22(34-5)14-12-21/h7-14,17,24H,6,15-16H2,1-5H3,(H,28,33). The predicted molar refractivity (Wildman–Crippen MR) is 145 cm³/mol. The molecule has 1 unspecified atom stereocenters. The fraction of sp³-hybridized carbons (Fsp3) is 0.370. The summed E-state index contributed by atoms with van der Waals surface area (Å²) in [7, 11) is 0. The Morgan fingerprint density at radius 1 is 1.12 bits per heavy atom. The zero-order valence-electron chi connectivity index (χ0n) is 20.5. The number of hydrogen-bond donors (Lipinski definition) is 1. The van der Waals surface area contributed by atoms with Crippen LogP contribution in [0.3, 0.4) is 0 Å². The van der Waals surface area contributed by atoms with Gasteiger partial charge in [0.2, 0.25) is 5.82 Å². The molecule has 0 amide bonds. The molecule has 0 spiro atoms. The van der Waals surface area contributed by atoms with Crippen molar-refractivity contribution in [3.63, 3.8) is 0 Å². The fourth-order valence-electron chi connectivity index (χ4n) is 4.10. The Balaban J connectivity index is 1.75. The molecule has 0 bridgehead atoms. The summed E-state index contributed by atoms with van der Waals surface area (Å²) < 4.78 is 5.86. The largest absolute Gasteiger partial charge is 0.351 e. The third kappa shape index (κ3) is 5.20. The quantitative estimate of drug-likeness (QED) is 0.276. The minimum absolute atomic E-state index is 0.152. The molecule has 2 heterocycles. The molecule has 1 aliphatic heterocycles. The van der Waals surface area contributed by atoms with Crippen molar-refractivity contribution in [3.05, 3.63) is 71.2 Å². The molecule has 3 aromatic rings. The summed E-state index contributed by atoms with van der Waals surface area (Å²) in [5.41, 5.74) is 5.40. The van der Waals surface area contributed by atoms with E-state index in [4.69, 9.17) is 21.7 Å². The van der Waals surface area contributed by atoms with Crippen molar-refractivity contribution in [1.29, 1.82) is 0 Å². The van der Waals surface area contributed by atoms with E-state index in [2.05, 4.69) is 85.7 Å². The van der Waals surface area contributed by atoms with Gasteiger partial charge in [-0.2, -0.15) is 4.98 Å². The average molecular weight is 493 g/mol. The van der Waals surface area contributed by atoms with E-state index in [0.717, 1.165) is 46.9 Å². The van der Waals surface area contributed by atoms with Crippen LogP contribution in [0, 0.1) is 5.92 Å². The van der Waals surface area contributed by atoms with Crippen molar-refractivity contribution in [2.75, 3.05) is 12.8 Å². The maximum Gasteiger partial charge on any atom is 0.258 e. The molecule has 0 radical (unpaired) electrons. The number of benzene rings is 2. The molecule has 0 saturated carbocycles. The Labute approximate surface area is 212 Å². The maximum absolute atomic E-state index is 5.86. The topological polar surface area (TPSA) is 54.2 Å². The summed E-state index contributed by atoms with van der Waals surface area (Å²) in [5.74, 6) is 1.69. The highest BCUT2D eigenvalue weighted by Crippen LogP contribution is 2.37. The third-order valence-corrected chi connectivity index (χ3v) is 7.33. The normalized spacial score (nSPS) is 16.4. The first-order valence-electron chi connectivity index (χ1n) is 11.8. The van der Waals surface area contributed by atoms with Gasteiger partial charge in [0.25, 0.3) is 5.89 Å². The summed E-state index contributed by atoms with van der Waals surface area (Å²) in [6, 6.07) is 16.7. The van der Waals surface area contributed by atoms with Crippen LogP contribution in [0.1, 0.15) is 57.2 Å². The van der Waals surface area contributed by atoms with E-state index in [1.54, 1.807) is 11.8 Å². The van der Waals surface area contributed by atoms with Crippen LogP contribution in [-0.4, -0.2) is 33.0 Å². The molecule has 0 aliphatic carbocycles. The molecule has 178 valence electrons. The molecule has 7 heteroatoms. The van der Waals surface area contributed by atoms with E-state index in [1.165, 1.54) is 10.5 Å². The van der Waals surface area contributed by atoms with Crippen LogP contribution in [0.25, 0.3) is 17.0 Å². The van der Waals surface area contributed by atoms with Gasteiger partial charge in [-0.05, 0) is 79.5 Å². The van der Waals surface area contributed by atoms with Gasteiger partial charge in [-0.15, -0.1) is 11.8 Å². The zero-order valence-corrected chi connectivity index (χ0v) is 22.1. The van der Waals surface area contributed by atoms with Gasteiger partial charge < -0.3 is 14.7 Å². The molecule has 1 aliphatic rings. The molecule has 0 fully saturated rings. The maximum atomic E-state index is 5.86. The molecular formula is C27H32N4OS2. The number of nitrogens with one attached hydrogen (secondary N) is 1. The number of aromatic nitrogens is 2. The zero-order chi connectivity index (χ0) is 24.2. The lowest BCUT2D eigenvalue weighted by Gasteiger charge is -2.37. The lowest BCUT2D eigenvalue weighted by Crippen LogP contribution is -2.46. The molecule has 0 saturated heterocycles. The predicted octanol–water partition coefficient (Wildman–Crippen LogP) is 6.73. The number of rotatable bonds is 8. The number of allylic oxidation sites excluding steroid dienone is 1. The van der Waals surface area contributed by atoms with E-state index in [-0.39, 0.29) is 6.04 Å². The Morgan fingerprint density at radius 2 is 1.82 bits per heavy atom. The van der Waals surface area contributed by atoms with Gasteiger partial charge >= 0.3 is 0 Å². The van der Waals surface area contributed by atoms with Gasteiger partial charge in [0.1, 0.15) is 0 Å². The molecule has 2 aromatic carbocycles. The highest BCUT2D eigenvalue weighted by atomic mass is 32.2. The minimum atomic E-state index is -0.152. The van der Waals surface area contributed by atoms with E-state index >= 15 is 0 Å². The summed E-state index contributed by atoms with van der Waals surface area (Å²) in [4.78, 5) is 8.19. The fourth-order valence-corrected chi connectivity index (χ4v) is 4.86. The van der Waals surface area contributed by atoms with Crippen molar-refractivity contribution in [2.45, 2.75) is 51.5 Å². The van der Waals surface area contributed by atoms with Crippen LogP contribution >= 0.6 is 24.0 Å². The van der Waals surface area contributed by atoms with Gasteiger partial charge in [-0.3, -0.25) is 0 Å². The second-order valence-electron chi connectivity index (χ2n) is 8.96. The minimum Gasteiger partial charge on any atom is -0.351 e. The molecule has 34 heavy (non-hydrogen) atoms. The lowest BCUT2D eigenvalue weighted by molar-refractivity contribution is 0.390. The van der Waals surface area contributed by atoms with Crippen LogP contribution in [0.15, 0.2) is 63.6 Å². The van der Waals surface area contributed by atoms with Crippen LogP contribution in [0.4, 0.5) is 0 Å². The SMILES string of the molecule is CCc1ccc(C2NC(=S)N(CCC(C)C)C(C)=C2c2nc(-c3ccc(SC)cc3)no2)cc1. The first kappa shape index (κ1) is 24.5. The average Bonchev–Trinajstić information content (AvgIpc) is 3.33. The third-order valence-electron chi connectivity index (χ3n) is 6.25. The van der Waals surface area contributed by atoms with Crippen LogP contribution in [0.2, 0.25) is 0 Å². The molecule has 1 aromatic heterocycles. The number of aryl methyl sites for hydroxylation is 1. The Hall–Kier alpha value is -2.64. The summed E-state index contributed by atoms with van der Waals surface area (Å²) >= 11 is 7.51. The van der Waals surface area contributed by atoms with Crippen molar-refractivity contribution < 1.29 is 4.52 Å². The first-order valence-corrected chi connectivity index (χ1v) is 13.4. The number of thioether (sulfide) groups is 1. The van der Waals surface area contributed by atoms with Gasteiger partial charge in [0.05, 0.1) is 11.6 Å². The number of thiocarbonyl (C=S) groups is 1. The van der Waals surface area contributed by atoms with Crippen molar-refractivity contribution in [3.8, 4) is 11.4 Å². The van der Waals surface area contributed by atoms with Crippen molar-refractivity contribution in [2.24, 2.45) is 5.92 Å². The highest BCUT2D eigenvalue weighted by Gasteiger charge is 2.34. The molecular weight excluding hydrogens is 460 g/mol. The molecule has 5 nitrogen and oxygen atoms in total. The van der Waals surface area contributed by atoms with E-state index in [9.17, 15) is 0 Å². The Kier molecular flexibility index (Phi) is 7.73. The summed E-state index contributed by atoms with van der Waals surface area (Å²) in [6.07, 6.45) is 4.11. The highest BCUT2D eigenvalue weighted by molar-refractivity contribution is 7.98. The summed E-state index contributed by atoms with van der Waals surface area (Å²) in [5, 5.41) is 8.61. The van der Waals surface area contributed by atoms with Crippen LogP contribution < -0.4 is 5.32 Å². The molecule has 1 N–H and O–H groups in total. The molecule has 4 rings (SSSR count).